The highest BCUT2D eigenvalue weighted by atomic mass is 19.4. The number of nitrogens with one attached hydrogen (secondary N) is 1. The summed E-state index contributed by atoms with van der Waals surface area (Å²) in [6.07, 6.45) is -5.24. The summed E-state index contributed by atoms with van der Waals surface area (Å²) in [6, 6.07) is 3.09. The lowest BCUT2D eigenvalue weighted by atomic mass is 10.0. The Morgan fingerprint density at radius 2 is 1.95 bits per heavy atom. The predicted octanol–water partition coefficient (Wildman–Crippen LogP) is 2.73. The number of nitrogens with zero attached hydrogens (tertiary/aromatic N) is 1. The third kappa shape index (κ3) is 4.31. The van der Waals surface area contributed by atoms with Gasteiger partial charge in [0.15, 0.2) is 11.6 Å². The van der Waals surface area contributed by atoms with Crippen LogP contribution in [-0.4, -0.2) is 44.4 Å². The summed E-state index contributed by atoms with van der Waals surface area (Å²) in [5, 5.41) is 3.11. The topological polar surface area (TPSA) is 24.5 Å². The molecule has 1 aromatic rings. The van der Waals surface area contributed by atoms with E-state index in [-0.39, 0.29) is 5.75 Å². The molecule has 0 bridgehead atoms. The van der Waals surface area contributed by atoms with Crippen molar-refractivity contribution in [1.82, 2.24) is 10.2 Å². The van der Waals surface area contributed by atoms with Crippen LogP contribution in [0.2, 0.25) is 0 Å². The number of halogens is 4. The molecule has 1 aliphatic rings. The Bertz CT molecular complexity index is 473. The molecule has 1 saturated heterocycles. The van der Waals surface area contributed by atoms with Gasteiger partial charge in [-0.3, -0.25) is 4.90 Å². The third-order valence-electron chi connectivity index (χ3n) is 3.58. The fourth-order valence-corrected chi connectivity index (χ4v) is 2.55. The molecule has 21 heavy (non-hydrogen) atoms. The largest absolute Gasteiger partial charge is 0.494 e. The molecule has 2 rings (SSSR count). The standard InChI is InChI=1S/C14H18F4N2O/c1-21-13-8-10(2-3-11(13)15)12(9-14(16,17)18)20-6-4-19-5-7-20/h2-3,8,12,19H,4-7,9H2,1H3/t12-/m0/s1. The Morgan fingerprint density at radius 1 is 1.29 bits per heavy atom. The maximum atomic E-state index is 13.4. The van der Waals surface area contributed by atoms with Gasteiger partial charge >= 0.3 is 6.18 Å². The van der Waals surface area contributed by atoms with Gasteiger partial charge in [0.1, 0.15) is 0 Å². The summed E-state index contributed by atoms with van der Waals surface area (Å²) in [5.74, 6) is -0.609. The average Bonchev–Trinajstić information content (AvgIpc) is 2.45. The summed E-state index contributed by atoms with van der Waals surface area (Å²) in [7, 11) is 1.30. The van der Waals surface area contributed by atoms with Gasteiger partial charge in [-0.05, 0) is 17.7 Å². The van der Waals surface area contributed by atoms with E-state index in [2.05, 4.69) is 5.32 Å². The minimum Gasteiger partial charge on any atom is -0.494 e. The first kappa shape index (κ1) is 16.0. The van der Waals surface area contributed by atoms with Crippen LogP contribution in [0.3, 0.4) is 0 Å². The molecule has 1 N–H and O–H groups in total. The summed E-state index contributed by atoms with van der Waals surface area (Å²) in [5.41, 5.74) is 0.424. The monoisotopic (exact) mass is 306 g/mol. The van der Waals surface area contributed by atoms with Crippen molar-refractivity contribution in [2.45, 2.75) is 18.6 Å². The van der Waals surface area contributed by atoms with E-state index in [1.54, 1.807) is 4.90 Å². The van der Waals surface area contributed by atoms with E-state index >= 15 is 0 Å². The van der Waals surface area contributed by atoms with Gasteiger partial charge in [0.25, 0.3) is 0 Å². The molecule has 1 heterocycles. The summed E-state index contributed by atoms with van der Waals surface area (Å²) in [6.45, 7) is 2.35. The molecule has 0 aliphatic carbocycles. The number of piperazine rings is 1. The van der Waals surface area contributed by atoms with Gasteiger partial charge in [0.05, 0.1) is 13.5 Å². The molecule has 3 nitrogen and oxygen atoms in total. The molecule has 1 aromatic carbocycles. The van der Waals surface area contributed by atoms with Crippen LogP contribution in [0, 0.1) is 5.82 Å². The highest BCUT2D eigenvalue weighted by Crippen LogP contribution is 2.35. The zero-order valence-corrected chi connectivity index (χ0v) is 11.7. The Hall–Kier alpha value is -1.34. The molecule has 1 fully saturated rings. The summed E-state index contributed by atoms with van der Waals surface area (Å²) in [4.78, 5) is 1.77. The molecule has 7 heteroatoms. The van der Waals surface area contributed by atoms with Crippen molar-refractivity contribution in [2.24, 2.45) is 0 Å². The van der Waals surface area contributed by atoms with E-state index in [1.165, 1.54) is 19.2 Å². The van der Waals surface area contributed by atoms with Crippen LogP contribution in [0.1, 0.15) is 18.0 Å². The van der Waals surface area contributed by atoms with E-state index in [0.717, 1.165) is 6.07 Å². The lowest BCUT2D eigenvalue weighted by Gasteiger charge is -2.35. The normalized spacial score (nSPS) is 18.5. The molecule has 0 amide bonds. The van der Waals surface area contributed by atoms with Crippen LogP contribution in [-0.2, 0) is 0 Å². The van der Waals surface area contributed by atoms with Crippen LogP contribution >= 0.6 is 0 Å². The SMILES string of the molecule is COc1cc([C@H](CC(F)(F)F)N2CCNCC2)ccc1F. The zero-order valence-electron chi connectivity index (χ0n) is 11.7. The Balaban J connectivity index is 2.29. The molecular weight excluding hydrogens is 288 g/mol. The molecule has 1 atom stereocenters. The van der Waals surface area contributed by atoms with Gasteiger partial charge in [-0.1, -0.05) is 6.07 Å². The van der Waals surface area contributed by atoms with Crippen LogP contribution in [0.15, 0.2) is 18.2 Å². The van der Waals surface area contributed by atoms with Crippen molar-refractivity contribution < 1.29 is 22.3 Å². The van der Waals surface area contributed by atoms with Gasteiger partial charge in [-0.25, -0.2) is 4.39 Å². The smallest absolute Gasteiger partial charge is 0.390 e. The van der Waals surface area contributed by atoms with E-state index in [9.17, 15) is 17.6 Å². The number of methoxy groups -OCH3 is 1. The first-order chi connectivity index (χ1) is 9.90. The number of rotatable bonds is 4. The maximum absolute atomic E-state index is 13.4. The van der Waals surface area contributed by atoms with Gasteiger partial charge in [0.2, 0.25) is 0 Å². The predicted molar refractivity (Wildman–Crippen MR) is 70.8 cm³/mol. The summed E-state index contributed by atoms with van der Waals surface area (Å²) >= 11 is 0. The highest BCUT2D eigenvalue weighted by molar-refractivity contribution is 5.32. The van der Waals surface area contributed by atoms with Crippen molar-refractivity contribution in [2.75, 3.05) is 33.3 Å². The minimum absolute atomic E-state index is 0.0326. The van der Waals surface area contributed by atoms with E-state index in [4.69, 9.17) is 4.74 Å². The lowest BCUT2D eigenvalue weighted by Crippen LogP contribution is -2.46. The van der Waals surface area contributed by atoms with Crippen LogP contribution in [0.25, 0.3) is 0 Å². The minimum atomic E-state index is -4.28. The molecule has 0 spiro atoms. The fraction of sp³-hybridized carbons (Fsp3) is 0.571. The van der Waals surface area contributed by atoms with Gasteiger partial charge < -0.3 is 10.1 Å². The number of benzene rings is 1. The number of hydrogen-bond acceptors (Lipinski definition) is 3. The van der Waals surface area contributed by atoms with Gasteiger partial charge in [0, 0.05) is 32.2 Å². The molecule has 0 radical (unpaired) electrons. The molecule has 1 aliphatic heterocycles. The second-order valence-electron chi connectivity index (χ2n) is 5.02. The average molecular weight is 306 g/mol. The molecular formula is C14H18F4N2O. The van der Waals surface area contributed by atoms with E-state index < -0.39 is 24.5 Å². The highest BCUT2D eigenvalue weighted by Gasteiger charge is 2.36. The maximum Gasteiger partial charge on any atom is 0.390 e. The van der Waals surface area contributed by atoms with Crippen molar-refractivity contribution in [3.8, 4) is 5.75 Å². The summed E-state index contributed by atoms with van der Waals surface area (Å²) < 4.78 is 56.9. The second-order valence-corrected chi connectivity index (χ2v) is 5.02. The van der Waals surface area contributed by atoms with Crippen molar-refractivity contribution in [3.63, 3.8) is 0 Å². The fourth-order valence-electron chi connectivity index (χ4n) is 2.55. The first-order valence-electron chi connectivity index (χ1n) is 6.75. The van der Waals surface area contributed by atoms with Crippen LogP contribution in [0.5, 0.6) is 5.75 Å². The van der Waals surface area contributed by atoms with Crippen LogP contribution in [0.4, 0.5) is 17.6 Å². The molecule has 0 aromatic heterocycles. The van der Waals surface area contributed by atoms with Crippen molar-refractivity contribution >= 4 is 0 Å². The molecule has 0 unspecified atom stereocenters. The van der Waals surface area contributed by atoms with E-state index in [0.29, 0.717) is 31.7 Å². The first-order valence-corrected chi connectivity index (χ1v) is 6.75. The molecule has 0 saturated carbocycles. The third-order valence-corrected chi connectivity index (χ3v) is 3.58. The number of ether oxygens (including phenoxy) is 1. The zero-order chi connectivity index (χ0) is 15.5. The number of alkyl halides is 3. The Kier molecular flexibility index (Phi) is 5.05. The Labute approximate surface area is 120 Å². The van der Waals surface area contributed by atoms with Crippen LogP contribution < -0.4 is 10.1 Å². The number of hydrogen-bond donors (Lipinski definition) is 1. The van der Waals surface area contributed by atoms with Gasteiger partial charge in [-0.2, -0.15) is 13.2 Å². The van der Waals surface area contributed by atoms with Gasteiger partial charge in [-0.15, -0.1) is 0 Å². The van der Waals surface area contributed by atoms with E-state index in [1.807, 2.05) is 0 Å². The Morgan fingerprint density at radius 3 is 2.52 bits per heavy atom. The molecule has 118 valence electrons. The quantitative estimate of drug-likeness (QED) is 0.866. The second kappa shape index (κ2) is 6.62. The lowest BCUT2D eigenvalue weighted by molar-refractivity contribution is -0.148. The van der Waals surface area contributed by atoms with Crippen molar-refractivity contribution in [1.29, 1.82) is 0 Å². The van der Waals surface area contributed by atoms with Crippen molar-refractivity contribution in [3.05, 3.63) is 29.6 Å².